The minimum atomic E-state index is -0.355. The van der Waals surface area contributed by atoms with Gasteiger partial charge >= 0.3 is 0 Å². The number of benzene rings is 4. The Kier molecular flexibility index (Phi) is 6.69. The van der Waals surface area contributed by atoms with Crippen LogP contribution in [0.15, 0.2) is 84.9 Å². The molecule has 0 saturated carbocycles. The Hall–Kier alpha value is -4.12. The number of carbonyl (C=O) groups excluding carboxylic acids is 2. The highest BCUT2D eigenvalue weighted by Gasteiger charge is 2.16. The van der Waals surface area contributed by atoms with Crippen molar-refractivity contribution >= 4 is 34.0 Å². The number of rotatable bonds is 7. The van der Waals surface area contributed by atoms with E-state index in [2.05, 4.69) is 10.6 Å². The lowest BCUT2D eigenvalue weighted by atomic mass is 10.00. The number of aromatic hydroxyl groups is 1. The monoisotopic (exact) mass is 438 g/mol. The van der Waals surface area contributed by atoms with Gasteiger partial charge < -0.3 is 15.7 Å². The van der Waals surface area contributed by atoms with Crippen LogP contribution in [-0.4, -0.2) is 16.9 Å². The normalized spacial score (nSPS) is 10.7. The second kappa shape index (κ2) is 10.0. The topological polar surface area (TPSA) is 78.4 Å². The number of phenols is 1. The zero-order valence-electron chi connectivity index (χ0n) is 18.5. The van der Waals surface area contributed by atoms with Gasteiger partial charge in [0.15, 0.2) is 0 Å². The fourth-order valence-electron chi connectivity index (χ4n) is 3.84. The van der Waals surface area contributed by atoms with Crippen molar-refractivity contribution in [2.45, 2.75) is 26.2 Å². The van der Waals surface area contributed by atoms with Gasteiger partial charge in [-0.2, -0.15) is 0 Å². The van der Waals surface area contributed by atoms with Crippen molar-refractivity contribution in [1.82, 2.24) is 0 Å². The second-order valence-corrected chi connectivity index (χ2v) is 8.04. The van der Waals surface area contributed by atoms with Gasteiger partial charge in [0, 0.05) is 17.8 Å². The molecule has 0 unspecified atom stereocenters. The standard InChI is InChI=1S/C28H26N2O3/c1-19-24-12-6-5-9-21(24)18-25(27(19)32)28(33)30-23-16-14-20(15-17-23)8-7-13-26(31)29-22-10-3-2-4-11-22/h2-6,9-12,14-18,32H,7-8,13H2,1H3,(H,29,31)(H,30,33). The zero-order valence-corrected chi connectivity index (χ0v) is 18.5. The molecule has 0 aliphatic carbocycles. The number of para-hydroxylation sites is 1. The summed E-state index contributed by atoms with van der Waals surface area (Å²) in [4.78, 5) is 24.9. The molecule has 0 saturated heterocycles. The molecule has 0 radical (unpaired) electrons. The first-order valence-corrected chi connectivity index (χ1v) is 11.0. The molecule has 0 aliphatic rings. The third-order valence-electron chi connectivity index (χ3n) is 5.66. The number of fused-ring (bicyclic) bond motifs is 1. The van der Waals surface area contributed by atoms with Gasteiger partial charge in [-0.05, 0) is 72.0 Å². The van der Waals surface area contributed by atoms with Crippen LogP contribution in [0.4, 0.5) is 11.4 Å². The molecule has 0 aromatic heterocycles. The summed E-state index contributed by atoms with van der Waals surface area (Å²) in [5, 5.41) is 18.1. The van der Waals surface area contributed by atoms with Gasteiger partial charge in [0.25, 0.3) is 5.91 Å². The molecular weight excluding hydrogens is 412 g/mol. The molecule has 2 amide bonds. The van der Waals surface area contributed by atoms with Gasteiger partial charge in [-0.3, -0.25) is 9.59 Å². The van der Waals surface area contributed by atoms with E-state index >= 15 is 0 Å². The average Bonchev–Trinajstić information content (AvgIpc) is 2.83. The molecule has 5 nitrogen and oxygen atoms in total. The lowest BCUT2D eigenvalue weighted by molar-refractivity contribution is -0.116. The molecule has 0 spiro atoms. The van der Waals surface area contributed by atoms with Crippen LogP contribution < -0.4 is 10.6 Å². The van der Waals surface area contributed by atoms with Crippen molar-refractivity contribution < 1.29 is 14.7 Å². The number of hydrogen-bond donors (Lipinski definition) is 3. The summed E-state index contributed by atoms with van der Waals surface area (Å²) in [6, 6.07) is 26.3. The summed E-state index contributed by atoms with van der Waals surface area (Å²) in [5.74, 6) is -0.362. The maximum atomic E-state index is 12.8. The van der Waals surface area contributed by atoms with Crippen LogP contribution in [0.2, 0.25) is 0 Å². The van der Waals surface area contributed by atoms with E-state index in [4.69, 9.17) is 0 Å². The molecule has 33 heavy (non-hydrogen) atoms. The highest BCUT2D eigenvalue weighted by Crippen LogP contribution is 2.31. The summed E-state index contributed by atoms with van der Waals surface area (Å²) >= 11 is 0. The Morgan fingerprint density at radius 1 is 0.818 bits per heavy atom. The maximum absolute atomic E-state index is 12.8. The first-order chi connectivity index (χ1) is 16.0. The minimum absolute atomic E-state index is 0.00315. The van der Waals surface area contributed by atoms with E-state index in [9.17, 15) is 14.7 Å². The van der Waals surface area contributed by atoms with Crippen LogP contribution in [0, 0.1) is 6.92 Å². The van der Waals surface area contributed by atoms with Crippen molar-refractivity contribution in [1.29, 1.82) is 0 Å². The third-order valence-corrected chi connectivity index (χ3v) is 5.66. The molecule has 0 atom stereocenters. The molecule has 0 fully saturated rings. The molecule has 4 aromatic carbocycles. The Balaban J connectivity index is 1.33. The molecule has 4 aromatic rings. The number of amides is 2. The smallest absolute Gasteiger partial charge is 0.259 e. The van der Waals surface area contributed by atoms with E-state index in [1.165, 1.54) is 0 Å². The predicted octanol–water partition coefficient (Wildman–Crippen LogP) is 6.07. The fourth-order valence-corrected chi connectivity index (χ4v) is 3.84. The molecule has 166 valence electrons. The maximum Gasteiger partial charge on any atom is 0.259 e. The number of aryl methyl sites for hydroxylation is 2. The predicted molar refractivity (Wildman–Crippen MR) is 133 cm³/mol. The van der Waals surface area contributed by atoms with Crippen molar-refractivity contribution in [2.24, 2.45) is 0 Å². The number of phenolic OH excluding ortho intramolecular Hbond substituents is 1. The molecule has 4 rings (SSSR count). The number of hydrogen-bond acceptors (Lipinski definition) is 3. The Labute approximate surface area is 193 Å². The number of anilines is 2. The lowest BCUT2D eigenvalue weighted by Gasteiger charge is -2.12. The fraction of sp³-hybridized carbons (Fsp3) is 0.143. The van der Waals surface area contributed by atoms with E-state index in [0.717, 1.165) is 34.9 Å². The molecular formula is C28H26N2O3. The van der Waals surface area contributed by atoms with Crippen LogP contribution >= 0.6 is 0 Å². The highest BCUT2D eigenvalue weighted by molar-refractivity contribution is 6.09. The first kappa shape index (κ1) is 22.1. The molecule has 5 heteroatoms. The van der Waals surface area contributed by atoms with Gasteiger partial charge in [0.05, 0.1) is 5.56 Å². The summed E-state index contributed by atoms with van der Waals surface area (Å²) in [6.45, 7) is 1.81. The molecule has 0 heterocycles. The van der Waals surface area contributed by atoms with Crippen molar-refractivity contribution in [2.75, 3.05) is 10.6 Å². The Bertz CT molecular complexity index is 1280. The summed E-state index contributed by atoms with van der Waals surface area (Å²) in [7, 11) is 0. The van der Waals surface area contributed by atoms with Crippen LogP contribution in [0.5, 0.6) is 5.75 Å². The van der Waals surface area contributed by atoms with E-state index in [0.29, 0.717) is 17.7 Å². The summed E-state index contributed by atoms with van der Waals surface area (Å²) in [5.41, 5.74) is 3.47. The molecule has 0 aliphatic heterocycles. The van der Waals surface area contributed by atoms with Crippen LogP contribution in [0.1, 0.15) is 34.3 Å². The Morgan fingerprint density at radius 2 is 1.48 bits per heavy atom. The Morgan fingerprint density at radius 3 is 2.24 bits per heavy atom. The van der Waals surface area contributed by atoms with E-state index in [1.54, 1.807) is 6.07 Å². The van der Waals surface area contributed by atoms with Crippen molar-refractivity contribution in [3.63, 3.8) is 0 Å². The lowest BCUT2D eigenvalue weighted by Crippen LogP contribution is -2.13. The van der Waals surface area contributed by atoms with Gasteiger partial charge in [0.2, 0.25) is 5.91 Å². The summed E-state index contributed by atoms with van der Waals surface area (Å²) in [6.07, 6.45) is 1.93. The quantitative estimate of drug-likeness (QED) is 0.328. The van der Waals surface area contributed by atoms with Gasteiger partial charge in [-0.25, -0.2) is 0 Å². The van der Waals surface area contributed by atoms with Crippen LogP contribution in [-0.2, 0) is 11.2 Å². The van der Waals surface area contributed by atoms with Gasteiger partial charge in [-0.1, -0.05) is 54.6 Å². The molecule has 3 N–H and O–H groups in total. The van der Waals surface area contributed by atoms with Crippen LogP contribution in [0.3, 0.4) is 0 Å². The minimum Gasteiger partial charge on any atom is -0.507 e. The highest BCUT2D eigenvalue weighted by atomic mass is 16.3. The third kappa shape index (κ3) is 5.39. The summed E-state index contributed by atoms with van der Waals surface area (Å²) < 4.78 is 0. The zero-order chi connectivity index (χ0) is 23.2. The van der Waals surface area contributed by atoms with E-state index in [-0.39, 0.29) is 23.1 Å². The van der Waals surface area contributed by atoms with Gasteiger partial charge in [-0.15, -0.1) is 0 Å². The molecule has 0 bridgehead atoms. The van der Waals surface area contributed by atoms with Crippen molar-refractivity contribution in [3.05, 3.63) is 102 Å². The SMILES string of the molecule is Cc1c(O)c(C(=O)Nc2ccc(CCCC(=O)Nc3ccccc3)cc2)cc2ccccc12. The largest absolute Gasteiger partial charge is 0.507 e. The van der Waals surface area contributed by atoms with Crippen LogP contribution in [0.25, 0.3) is 10.8 Å². The first-order valence-electron chi connectivity index (χ1n) is 11.0. The van der Waals surface area contributed by atoms with Gasteiger partial charge in [0.1, 0.15) is 5.75 Å². The average molecular weight is 439 g/mol. The van der Waals surface area contributed by atoms with E-state index < -0.39 is 0 Å². The number of carbonyl (C=O) groups is 2. The van der Waals surface area contributed by atoms with E-state index in [1.807, 2.05) is 85.8 Å². The second-order valence-electron chi connectivity index (χ2n) is 8.04. The number of nitrogens with one attached hydrogen (secondary N) is 2. The van der Waals surface area contributed by atoms with Crippen molar-refractivity contribution in [3.8, 4) is 5.75 Å².